The molecule has 0 saturated carbocycles. The van der Waals surface area contributed by atoms with E-state index in [1.54, 1.807) is 0 Å². The van der Waals surface area contributed by atoms with Crippen molar-refractivity contribution < 1.29 is 4.74 Å². The van der Waals surface area contributed by atoms with Crippen LogP contribution in [-0.4, -0.2) is 54.8 Å². The zero-order chi connectivity index (χ0) is 15.2. The van der Waals surface area contributed by atoms with Gasteiger partial charge in [0.2, 0.25) is 17.8 Å². The Morgan fingerprint density at radius 3 is 2.38 bits per heavy atom. The Morgan fingerprint density at radius 1 is 1.10 bits per heavy atom. The second-order valence-corrected chi connectivity index (χ2v) is 5.73. The number of nitrogens with one attached hydrogen (secondary N) is 2. The predicted octanol–water partition coefficient (Wildman–Crippen LogP) is 1.45. The third-order valence-corrected chi connectivity index (χ3v) is 3.86. The van der Waals surface area contributed by atoms with Gasteiger partial charge in [-0.3, -0.25) is 0 Å². The lowest BCUT2D eigenvalue weighted by atomic mass is 9.98. The van der Waals surface area contributed by atoms with Crippen LogP contribution in [0.4, 0.5) is 17.8 Å². The molecule has 7 nitrogen and oxygen atoms in total. The van der Waals surface area contributed by atoms with E-state index in [1.165, 1.54) is 0 Å². The summed E-state index contributed by atoms with van der Waals surface area (Å²) in [6.07, 6.45) is 0. The predicted molar refractivity (Wildman–Crippen MR) is 84.9 cm³/mol. The van der Waals surface area contributed by atoms with Gasteiger partial charge in [0.15, 0.2) is 0 Å². The average Bonchev–Trinajstić information content (AvgIpc) is 2.52. The molecular weight excluding hydrogens is 268 g/mol. The van der Waals surface area contributed by atoms with E-state index in [-0.39, 0.29) is 0 Å². The highest BCUT2D eigenvalue weighted by molar-refractivity contribution is 5.43. The quantitative estimate of drug-likeness (QED) is 0.822. The second-order valence-electron chi connectivity index (χ2n) is 5.73. The Kier molecular flexibility index (Phi) is 5.55. The molecule has 0 spiro atoms. The molecule has 1 fully saturated rings. The van der Waals surface area contributed by atoms with E-state index in [0.29, 0.717) is 42.9 Å². The minimum absolute atomic E-state index is 0.562. The van der Waals surface area contributed by atoms with Crippen LogP contribution in [0.25, 0.3) is 0 Å². The zero-order valence-corrected chi connectivity index (χ0v) is 13.4. The summed E-state index contributed by atoms with van der Waals surface area (Å²) in [6.45, 7) is 10.6. The molecule has 2 heterocycles. The highest BCUT2D eigenvalue weighted by atomic mass is 16.5. The second kappa shape index (κ2) is 7.40. The Labute approximate surface area is 126 Å². The van der Waals surface area contributed by atoms with Gasteiger partial charge < -0.3 is 20.3 Å². The maximum Gasteiger partial charge on any atom is 0.232 e. The highest BCUT2D eigenvalue weighted by Crippen LogP contribution is 2.16. The largest absolute Gasteiger partial charge is 0.378 e. The molecule has 118 valence electrons. The molecule has 1 unspecified atom stereocenters. The van der Waals surface area contributed by atoms with Crippen molar-refractivity contribution >= 4 is 17.8 Å². The fourth-order valence-corrected chi connectivity index (χ4v) is 1.95. The molecule has 0 aromatic carbocycles. The van der Waals surface area contributed by atoms with Gasteiger partial charge in [-0.25, -0.2) is 0 Å². The number of anilines is 3. The third kappa shape index (κ3) is 4.42. The van der Waals surface area contributed by atoms with Gasteiger partial charge in [0, 0.05) is 26.7 Å². The van der Waals surface area contributed by atoms with Crippen molar-refractivity contribution in [3.8, 4) is 0 Å². The lowest BCUT2D eigenvalue weighted by Crippen LogP contribution is -2.37. The number of hydrogen-bond acceptors (Lipinski definition) is 7. The molecule has 1 aliphatic heterocycles. The Hall–Kier alpha value is -1.63. The van der Waals surface area contributed by atoms with Crippen molar-refractivity contribution in [2.24, 2.45) is 11.8 Å². The van der Waals surface area contributed by atoms with Crippen molar-refractivity contribution in [1.29, 1.82) is 0 Å². The van der Waals surface area contributed by atoms with Crippen LogP contribution in [0.2, 0.25) is 0 Å². The Balaban J connectivity index is 2.09. The van der Waals surface area contributed by atoms with Crippen LogP contribution in [0.15, 0.2) is 0 Å². The van der Waals surface area contributed by atoms with E-state index in [2.05, 4.69) is 51.3 Å². The van der Waals surface area contributed by atoms with Crippen molar-refractivity contribution in [2.75, 3.05) is 55.4 Å². The van der Waals surface area contributed by atoms with Gasteiger partial charge in [-0.05, 0) is 11.8 Å². The molecular formula is C14H26N6O. The van der Waals surface area contributed by atoms with E-state index >= 15 is 0 Å². The first-order valence-electron chi connectivity index (χ1n) is 7.60. The van der Waals surface area contributed by atoms with E-state index in [4.69, 9.17) is 4.74 Å². The van der Waals surface area contributed by atoms with Gasteiger partial charge in [-0.15, -0.1) is 0 Å². The number of morpholine rings is 1. The number of aromatic nitrogens is 3. The molecule has 2 N–H and O–H groups in total. The zero-order valence-electron chi connectivity index (χ0n) is 13.4. The maximum atomic E-state index is 5.37. The fraction of sp³-hybridized carbons (Fsp3) is 0.786. The molecule has 7 heteroatoms. The molecule has 0 aliphatic carbocycles. The smallest absolute Gasteiger partial charge is 0.232 e. The number of rotatable bonds is 6. The van der Waals surface area contributed by atoms with Crippen LogP contribution in [0, 0.1) is 11.8 Å². The molecule has 2 rings (SSSR count). The first kappa shape index (κ1) is 15.8. The number of ether oxygens (including phenoxy) is 1. The lowest BCUT2D eigenvalue weighted by molar-refractivity contribution is 0.122. The van der Waals surface area contributed by atoms with Gasteiger partial charge in [0.05, 0.1) is 13.2 Å². The highest BCUT2D eigenvalue weighted by Gasteiger charge is 2.16. The van der Waals surface area contributed by atoms with E-state index < -0.39 is 0 Å². The van der Waals surface area contributed by atoms with E-state index in [9.17, 15) is 0 Å². The first-order valence-corrected chi connectivity index (χ1v) is 7.60. The average molecular weight is 294 g/mol. The van der Waals surface area contributed by atoms with E-state index in [1.807, 2.05) is 7.05 Å². The van der Waals surface area contributed by atoms with Gasteiger partial charge in [-0.1, -0.05) is 20.8 Å². The Bertz CT molecular complexity index is 447. The van der Waals surface area contributed by atoms with Crippen molar-refractivity contribution in [1.82, 2.24) is 15.0 Å². The maximum absolute atomic E-state index is 5.37. The van der Waals surface area contributed by atoms with Crippen molar-refractivity contribution in [3.63, 3.8) is 0 Å². The lowest BCUT2D eigenvalue weighted by Gasteiger charge is -2.27. The fourth-order valence-electron chi connectivity index (χ4n) is 1.95. The summed E-state index contributed by atoms with van der Waals surface area (Å²) in [7, 11) is 1.82. The van der Waals surface area contributed by atoms with Crippen LogP contribution < -0.4 is 15.5 Å². The summed E-state index contributed by atoms with van der Waals surface area (Å²) >= 11 is 0. The minimum atomic E-state index is 0.562. The molecule has 1 aliphatic rings. The number of hydrogen-bond donors (Lipinski definition) is 2. The third-order valence-electron chi connectivity index (χ3n) is 3.86. The van der Waals surface area contributed by atoms with Gasteiger partial charge in [0.1, 0.15) is 0 Å². The van der Waals surface area contributed by atoms with Crippen LogP contribution >= 0.6 is 0 Å². The molecule has 21 heavy (non-hydrogen) atoms. The Morgan fingerprint density at radius 2 is 1.76 bits per heavy atom. The van der Waals surface area contributed by atoms with E-state index in [0.717, 1.165) is 19.6 Å². The topological polar surface area (TPSA) is 75.2 Å². The summed E-state index contributed by atoms with van der Waals surface area (Å²) in [5, 5.41) is 6.32. The molecule has 1 atom stereocenters. The number of nitrogens with zero attached hydrogens (tertiary/aromatic N) is 4. The monoisotopic (exact) mass is 294 g/mol. The van der Waals surface area contributed by atoms with Crippen LogP contribution in [0.5, 0.6) is 0 Å². The van der Waals surface area contributed by atoms with Gasteiger partial charge >= 0.3 is 0 Å². The molecule has 1 aromatic heterocycles. The summed E-state index contributed by atoms with van der Waals surface area (Å²) in [6, 6.07) is 0. The molecule has 0 bridgehead atoms. The summed E-state index contributed by atoms with van der Waals surface area (Å²) in [5.74, 6) is 3.11. The van der Waals surface area contributed by atoms with Crippen molar-refractivity contribution in [2.45, 2.75) is 20.8 Å². The molecule has 0 radical (unpaired) electrons. The summed E-state index contributed by atoms with van der Waals surface area (Å²) in [5.41, 5.74) is 0. The van der Waals surface area contributed by atoms with Gasteiger partial charge in [0.25, 0.3) is 0 Å². The summed E-state index contributed by atoms with van der Waals surface area (Å²) in [4.78, 5) is 15.5. The van der Waals surface area contributed by atoms with Crippen LogP contribution in [-0.2, 0) is 4.74 Å². The normalized spacial score (nSPS) is 16.9. The van der Waals surface area contributed by atoms with Crippen LogP contribution in [0.3, 0.4) is 0 Å². The molecule has 0 amide bonds. The first-order chi connectivity index (χ1) is 10.1. The summed E-state index contributed by atoms with van der Waals surface area (Å²) < 4.78 is 5.37. The minimum Gasteiger partial charge on any atom is -0.378 e. The van der Waals surface area contributed by atoms with Crippen LogP contribution in [0.1, 0.15) is 20.8 Å². The van der Waals surface area contributed by atoms with Crippen molar-refractivity contribution in [3.05, 3.63) is 0 Å². The standard InChI is InChI=1S/C14H26N6O/c1-10(2)11(3)9-16-13-17-12(15-4)18-14(19-13)20-5-7-21-8-6-20/h10-11H,5-9H2,1-4H3,(H2,15,16,17,18,19). The van der Waals surface area contributed by atoms with Gasteiger partial charge in [-0.2, -0.15) is 15.0 Å². The SMILES string of the molecule is CNc1nc(NCC(C)C(C)C)nc(N2CCOCC2)n1. The molecule has 1 aromatic rings. The molecule has 1 saturated heterocycles.